The van der Waals surface area contributed by atoms with Gasteiger partial charge in [0.15, 0.2) is 0 Å². The van der Waals surface area contributed by atoms with E-state index in [2.05, 4.69) is 50.2 Å². The van der Waals surface area contributed by atoms with Crippen LogP contribution in [0.4, 0.5) is 26.3 Å². The second-order valence-electron chi connectivity index (χ2n) is 14.4. The molecule has 0 saturated heterocycles. The summed E-state index contributed by atoms with van der Waals surface area (Å²) in [5, 5.41) is 4.64. The van der Waals surface area contributed by atoms with E-state index in [0.717, 1.165) is 39.4 Å². The Morgan fingerprint density at radius 2 is 0.821 bits per heavy atom. The maximum Gasteiger partial charge on any atom is 2.00 e. The van der Waals surface area contributed by atoms with Gasteiger partial charge in [0.05, 0.1) is 11.1 Å². The van der Waals surface area contributed by atoms with E-state index in [1.54, 1.807) is 24.3 Å². The summed E-state index contributed by atoms with van der Waals surface area (Å²) in [6, 6.07) is 32.1. The largest absolute Gasteiger partial charge is 2.00 e. The maximum absolute atomic E-state index is 12.8. The maximum atomic E-state index is 12.8. The summed E-state index contributed by atoms with van der Waals surface area (Å²) < 4.78 is 76.7. The van der Waals surface area contributed by atoms with E-state index < -0.39 is 23.5 Å². The summed E-state index contributed by atoms with van der Waals surface area (Å²) in [7, 11) is 0. The van der Waals surface area contributed by atoms with E-state index in [4.69, 9.17) is 0 Å². The number of alkyl halides is 6. The van der Waals surface area contributed by atoms with Gasteiger partial charge in [0.2, 0.25) is 0 Å². The summed E-state index contributed by atoms with van der Waals surface area (Å²) in [6.07, 6.45) is 4.95. The van der Waals surface area contributed by atoms with Crippen molar-refractivity contribution in [3.8, 4) is 22.3 Å². The summed E-state index contributed by atoms with van der Waals surface area (Å²) in [6.45, 7) is 6.75. The number of benzene rings is 4. The molecule has 2 saturated carbocycles. The molecule has 0 spiro atoms. The molecule has 0 bridgehead atoms. The molecule has 298 valence electrons. The quantitative estimate of drug-likeness (QED) is 0.0943. The van der Waals surface area contributed by atoms with E-state index in [1.807, 2.05) is 24.3 Å². The Morgan fingerprint density at radius 1 is 0.500 bits per heavy atom. The predicted molar refractivity (Wildman–Crippen MR) is 207 cm³/mol. The van der Waals surface area contributed by atoms with Gasteiger partial charge in [0.25, 0.3) is 0 Å². The number of fused-ring (bicyclic) bond motifs is 2. The van der Waals surface area contributed by atoms with Crippen molar-refractivity contribution in [3.63, 3.8) is 0 Å². The molecule has 8 rings (SSSR count). The van der Waals surface area contributed by atoms with Crippen LogP contribution in [0.5, 0.6) is 0 Å². The zero-order valence-corrected chi connectivity index (χ0v) is 34.3. The Kier molecular flexibility index (Phi) is 17.9. The van der Waals surface area contributed by atoms with Gasteiger partial charge < -0.3 is 45.1 Å². The van der Waals surface area contributed by atoms with E-state index in [9.17, 15) is 26.3 Å². The van der Waals surface area contributed by atoms with Crippen molar-refractivity contribution in [2.75, 3.05) is 0 Å². The van der Waals surface area contributed by atoms with Crippen LogP contribution in [-0.4, -0.2) is 0 Å². The average molecular weight is 844 g/mol. The first-order valence-corrected chi connectivity index (χ1v) is 18.8. The normalized spacial score (nSPS) is 15.0. The summed E-state index contributed by atoms with van der Waals surface area (Å²) in [4.78, 5) is 0. The van der Waals surface area contributed by atoms with E-state index in [-0.39, 0.29) is 46.5 Å². The predicted octanol–water partition coefficient (Wildman–Crippen LogP) is 9.63. The molecule has 0 atom stereocenters. The van der Waals surface area contributed by atoms with Gasteiger partial charge in [-0.15, -0.1) is 69.1 Å². The molecule has 6 aromatic carbocycles. The number of hydrogen-bond acceptors (Lipinski definition) is 0. The fraction of sp³-hybridized carbons (Fsp3) is 0.319. The van der Waals surface area contributed by atoms with Crippen molar-refractivity contribution in [2.45, 2.75) is 94.8 Å². The third kappa shape index (κ3) is 11.6. The molecule has 0 aromatic heterocycles. The van der Waals surface area contributed by atoms with Crippen LogP contribution in [0, 0.1) is 13.8 Å². The first-order valence-electron chi connectivity index (χ1n) is 18.8. The summed E-state index contributed by atoms with van der Waals surface area (Å²) in [5.41, 5.74) is 5.24. The molecule has 0 amide bonds. The van der Waals surface area contributed by atoms with Crippen molar-refractivity contribution in [1.82, 2.24) is 0 Å². The monoisotopic (exact) mass is 842 g/mol. The number of halogens is 8. The Balaban J connectivity index is 0.000000267. The second-order valence-corrected chi connectivity index (χ2v) is 14.4. The molecule has 2 aliphatic rings. The van der Waals surface area contributed by atoms with Gasteiger partial charge >= 0.3 is 34.1 Å². The molecule has 9 heteroatoms. The van der Waals surface area contributed by atoms with Gasteiger partial charge in [-0.05, 0) is 72.9 Å². The van der Waals surface area contributed by atoms with Crippen LogP contribution in [0.2, 0.25) is 0 Å². The molecule has 2 aliphatic carbocycles. The SMILES string of the molecule is FC(F)(F)c1ccc(-c2cccc3[cH-]c(C4CCCCC4)cc23)cc1.FC(F)(F)c1ccc(-c2cccc3[cH-]c(C4CCCCC4)cc23)cc1.[CH2-]C[CH2-].[Cl-].[Cl-].[Ti+2]. The summed E-state index contributed by atoms with van der Waals surface area (Å²) >= 11 is 0. The standard InChI is InChI=1S/2C22H20F3.C3H6.2ClH.Ti/c2*23-22(24,25)19-11-9-16(10-12-19)20-8-4-7-17-13-18(14-21(17)20)15-5-2-1-3-6-15;1-3-2;;;/h2*4,7-15H,1-3,5-6H2;1-3H2;2*1H;/q2*-1;-2;;;+2/p-2. The van der Waals surface area contributed by atoms with E-state index in [1.165, 1.54) is 110 Å². The Bertz CT molecular complexity index is 1910. The number of rotatable bonds is 4. The van der Waals surface area contributed by atoms with Crippen molar-refractivity contribution < 1.29 is 72.9 Å². The molecular formula is C47H46Cl2F6Ti-4. The van der Waals surface area contributed by atoms with Gasteiger partial charge in [0, 0.05) is 0 Å². The van der Waals surface area contributed by atoms with Crippen LogP contribution >= 0.6 is 0 Å². The van der Waals surface area contributed by atoms with Crippen LogP contribution in [0.15, 0.2) is 109 Å². The molecular weight excluding hydrogens is 797 g/mol. The average Bonchev–Trinajstić information content (AvgIpc) is 3.81. The Morgan fingerprint density at radius 3 is 1.12 bits per heavy atom. The minimum Gasteiger partial charge on any atom is -1.00 e. The zero-order valence-electron chi connectivity index (χ0n) is 31.3. The molecule has 0 aliphatic heterocycles. The summed E-state index contributed by atoms with van der Waals surface area (Å²) in [5.74, 6) is 1.25. The third-order valence-corrected chi connectivity index (χ3v) is 10.7. The van der Waals surface area contributed by atoms with Crippen LogP contribution in [0.1, 0.15) is 105 Å². The van der Waals surface area contributed by atoms with Crippen LogP contribution in [0.3, 0.4) is 0 Å². The minimum absolute atomic E-state index is 0. The van der Waals surface area contributed by atoms with E-state index >= 15 is 0 Å². The van der Waals surface area contributed by atoms with E-state index in [0.29, 0.717) is 11.8 Å². The van der Waals surface area contributed by atoms with Crippen molar-refractivity contribution in [1.29, 1.82) is 0 Å². The topological polar surface area (TPSA) is 0 Å². The molecule has 0 heterocycles. The third-order valence-electron chi connectivity index (χ3n) is 10.7. The molecule has 2 fully saturated rings. The van der Waals surface area contributed by atoms with Crippen molar-refractivity contribution in [2.24, 2.45) is 0 Å². The first-order chi connectivity index (χ1) is 25.5. The Hall–Kier alpha value is -3.03. The minimum atomic E-state index is -4.29. The molecule has 0 radical (unpaired) electrons. The molecule has 0 N–H and O–H groups in total. The van der Waals surface area contributed by atoms with Crippen molar-refractivity contribution in [3.05, 3.63) is 145 Å². The van der Waals surface area contributed by atoms with Crippen LogP contribution < -0.4 is 24.8 Å². The fourth-order valence-corrected chi connectivity index (χ4v) is 8.04. The van der Waals surface area contributed by atoms with Gasteiger partial charge in [-0.3, -0.25) is 0 Å². The zero-order chi connectivity index (χ0) is 37.6. The van der Waals surface area contributed by atoms with Crippen LogP contribution in [-0.2, 0) is 34.1 Å². The van der Waals surface area contributed by atoms with Gasteiger partial charge in [-0.25, -0.2) is 0 Å². The molecule has 0 unspecified atom stereocenters. The number of hydrogen-bond donors (Lipinski definition) is 0. The van der Waals surface area contributed by atoms with Gasteiger partial charge in [-0.1, -0.05) is 86.1 Å². The first kappa shape index (κ1) is 47.4. The molecule has 0 nitrogen and oxygen atoms in total. The second kappa shape index (κ2) is 21.1. The van der Waals surface area contributed by atoms with Crippen molar-refractivity contribution >= 4 is 21.5 Å². The molecule has 56 heavy (non-hydrogen) atoms. The smallest absolute Gasteiger partial charge is 1.00 e. The van der Waals surface area contributed by atoms with Crippen LogP contribution in [0.25, 0.3) is 43.8 Å². The Labute approximate surface area is 354 Å². The fourth-order valence-electron chi connectivity index (χ4n) is 8.04. The van der Waals surface area contributed by atoms with Gasteiger partial charge in [-0.2, -0.15) is 38.5 Å². The molecule has 6 aromatic rings. The van der Waals surface area contributed by atoms with Gasteiger partial charge in [0.1, 0.15) is 0 Å².